The van der Waals surface area contributed by atoms with Crippen molar-refractivity contribution in [1.29, 1.82) is 0 Å². The zero-order valence-corrected chi connectivity index (χ0v) is 16.4. The summed E-state index contributed by atoms with van der Waals surface area (Å²) in [5.41, 5.74) is 1.54. The Hall–Kier alpha value is -3.10. The number of ether oxygens (including phenoxy) is 2. The molecule has 3 aromatic rings. The summed E-state index contributed by atoms with van der Waals surface area (Å²) in [6, 6.07) is 13.9. The fourth-order valence-electron chi connectivity index (χ4n) is 3.05. The van der Waals surface area contributed by atoms with Gasteiger partial charge in [0.2, 0.25) is 16.8 Å². The van der Waals surface area contributed by atoms with E-state index >= 15 is 0 Å². The van der Waals surface area contributed by atoms with Gasteiger partial charge in [0.15, 0.2) is 23.0 Å². The average molecular weight is 413 g/mol. The lowest BCUT2D eigenvalue weighted by molar-refractivity contribution is 0.0945. The van der Waals surface area contributed by atoms with Crippen molar-refractivity contribution in [2.45, 2.75) is 24.3 Å². The highest BCUT2D eigenvalue weighted by Gasteiger charge is 2.27. The van der Waals surface area contributed by atoms with Crippen molar-refractivity contribution in [2.24, 2.45) is 0 Å². The monoisotopic (exact) mass is 413 g/mol. The molecule has 1 atom stereocenters. The van der Waals surface area contributed by atoms with E-state index in [0.717, 1.165) is 5.56 Å². The smallest absolute Gasteiger partial charge is 0.241 e. The Bertz CT molecular complexity index is 1120. The fourth-order valence-corrected chi connectivity index (χ4v) is 4.28. The molecular weight excluding hydrogens is 394 g/mol. The minimum atomic E-state index is -3.86. The minimum absolute atomic E-state index is 0.101. The third kappa shape index (κ3) is 4.18. The summed E-state index contributed by atoms with van der Waals surface area (Å²) in [5.74, 6) is 0.938. The Morgan fingerprint density at radius 3 is 2.55 bits per heavy atom. The third-order valence-electron chi connectivity index (χ3n) is 4.61. The maximum Gasteiger partial charge on any atom is 0.241 e. The molecule has 1 aliphatic heterocycles. The van der Waals surface area contributed by atoms with Gasteiger partial charge in [-0.25, -0.2) is 13.1 Å². The van der Waals surface area contributed by atoms with Gasteiger partial charge >= 0.3 is 0 Å². The van der Waals surface area contributed by atoms with Crippen LogP contribution in [0.3, 0.4) is 0 Å². The van der Waals surface area contributed by atoms with Gasteiger partial charge in [-0.15, -0.1) is 0 Å². The molecule has 2 heterocycles. The second-order valence-corrected chi connectivity index (χ2v) is 8.42. The van der Waals surface area contributed by atoms with Crippen molar-refractivity contribution in [1.82, 2.24) is 4.72 Å². The average Bonchev–Trinajstić information content (AvgIpc) is 3.39. The van der Waals surface area contributed by atoms with E-state index in [-0.39, 0.29) is 29.7 Å². The molecule has 29 heavy (non-hydrogen) atoms. The van der Waals surface area contributed by atoms with E-state index in [2.05, 4.69) is 4.72 Å². The Morgan fingerprint density at radius 1 is 1.07 bits per heavy atom. The molecule has 8 heteroatoms. The number of Topliss-reactive ketones (excluding diaryl/α,β-unsaturated/α-hetero) is 1. The van der Waals surface area contributed by atoms with Gasteiger partial charge in [0.05, 0.1) is 17.2 Å². The summed E-state index contributed by atoms with van der Waals surface area (Å²) in [5, 5.41) is 0. The first-order chi connectivity index (χ1) is 13.9. The fraction of sp³-hybridized carbons (Fsp3) is 0.190. The summed E-state index contributed by atoms with van der Waals surface area (Å²) in [6.07, 6.45) is 1.29. The molecule has 1 N–H and O–H groups in total. The van der Waals surface area contributed by atoms with Gasteiger partial charge in [-0.2, -0.15) is 0 Å². The van der Waals surface area contributed by atoms with E-state index in [1.165, 1.54) is 18.4 Å². The summed E-state index contributed by atoms with van der Waals surface area (Å²) in [6.45, 7) is 1.98. The van der Waals surface area contributed by atoms with Crippen LogP contribution in [-0.4, -0.2) is 21.0 Å². The SMILES string of the molecule is Cc1ccc(S(=O)(=O)N[C@H](CC(=O)c2ccco2)c2ccc3c(c2)OCO3)cc1. The Labute approximate surface area is 168 Å². The van der Waals surface area contributed by atoms with E-state index in [1.807, 2.05) is 6.92 Å². The second kappa shape index (κ2) is 7.73. The Kier molecular flexibility index (Phi) is 5.12. The van der Waals surface area contributed by atoms with Gasteiger partial charge < -0.3 is 13.9 Å². The first-order valence-corrected chi connectivity index (χ1v) is 10.5. The normalized spacial score (nSPS) is 14.0. The van der Waals surface area contributed by atoms with Crippen molar-refractivity contribution in [3.05, 3.63) is 77.7 Å². The third-order valence-corrected chi connectivity index (χ3v) is 6.10. The van der Waals surface area contributed by atoms with Crippen LogP contribution in [0.2, 0.25) is 0 Å². The molecule has 1 aliphatic rings. The molecule has 2 aromatic carbocycles. The summed E-state index contributed by atoms with van der Waals surface area (Å²) in [7, 11) is -3.86. The van der Waals surface area contributed by atoms with Gasteiger partial charge in [0.25, 0.3) is 0 Å². The number of sulfonamides is 1. The quantitative estimate of drug-likeness (QED) is 0.595. The number of benzene rings is 2. The molecule has 7 nitrogen and oxygen atoms in total. The maximum absolute atomic E-state index is 12.9. The molecule has 1 aromatic heterocycles. The number of carbonyl (C=O) groups excluding carboxylic acids is 1. The molecule has 0 unspecified atom stereocenters. The zero-order valence-electron chi connectivity index (χ0n) is 15.6. The van der Waals surface area contributed by atoms with Gasteiger partial charge in [0, 0.05) is 6.42 Å². The topological polar surface area (TPSA) is 94.8 Å². The Morgan fingerprint density at radius 2 is 1.83 bits per heavy atom. The molecule has 4 rings (SSSR count). The number of hydrogen-bond donors (Lipinski definition) is 1. The van der Waals surface area contributed by atoms with Gasteiger partial charge in [-0.3, -0.25) is 4.79 Å². The van der Waals surface area contributed by atoms with E-state index < -0.39 is 16.1 Å². The van der Waals surface area contributed by atoms with Crippen molar-refractivity contribution in [2.75, 3.05) is 6.79 Å². The van der Waals surface area contributed by atoms with Crippen LogP contribution in [0.15, 0.2) is 70.2 Å². The van der Waals surface area contributed by atoms with Crippen LogP contribution in [0.1, 0.15) is 34.1 Å². The number of fused-ring (bicyclic) bond motifs is 1. The molecule has 0 spiro atoms. The minimum Gasteiger partial charge on any atom is -0.461 e. The zero-order chi connectivity index (χ0) is 20.4. The van der Waals surface area contributed by atoms with Crippen molar-refractivity contribution >= 4 is 15.8 Å². The molecule has 150 valence electrons. The number of furan rings is 1. The highest BCUT2D eigenvalue weighted by molar-refractivity contribution is 7.89. The maximum atomic E-state index is 12.9. The van der Waals surface area contributed by atoms with Gasteiger partial charge in [0.1, 0.15) is 0 Å². The van der Waals surface area contributed by atoms with Crippen LogP contribution >= 0.6 is 0 Å². The number of aryl methyl sites for hydroxylation is 1. The number of carbonyl (C=O) groups is 1. The van der Waals surface area contributed by atoms with Crippen LogP contribution in [0.25, 0.3) is 0 Å². The van der Waals surface area contributed by atoms with E-state index in [9.17, 15) is 13.2 Å². The molecule has 0 radical (unpaired) electrons. The van der Waals surface area contributed by atoms with Crippen LogP contribution in [0, 0.1) is 6.92 Å². The molecule has 0 fully saturated rings. The number of rotatable bonds is 7. The largest absolute Gasteiger partial charge is 0.461 e. The predicted molar refractivity (Wildman–Crippen MR) is 104 cm³/mol. The number of hydrogen-bond acceptors (Lipinski definition) is 6. The lowest BCUT2D eigenvalue weighted by Crippen LogP contribution is -2.30. The molecule has 0 amide bonds. The van der Waals surface area contributed by atoms with E-state index in [1.54, 1.807) is 42.5 Å². The predicted octanol–water partition coefficient (Wildman–Crippen LogP) is 3.61. The summed E-state index contributed by atoms with van der Waals surface area (Å²) >= 11 is 0. The van der Waals surface area contributed by atoms with Crippen LogP contribution in [0.5, 0.6) is 11.5 Å². The molecule has 0 saturated heterocycles. The molecular formula is C21H19NO6S. The summed E-state index contributed by atoms with van der Waals surface area (Å²) < 4.78 is 44.4. The van der Waals surface area contributed by atoms with Crippen LogP contribution in [-0.2, 0) is 10.0 Å². The standard InChI is InChI=1S/C21H19NO6S/c1-14-4-7-16(8-5-14)29(24,25)22-17(12-18(23)19-3-2-10-26-19)15-6-9-20-21(11-15)28-13-27-20/h2-11,17,22H,12-13H2,1H3/t17-/m1/s1. The van der Waals surface area contributed by atoms with Crippen molar-refractivity contribution in [3.63, 3.8) is 0 Å². The highest BCUT2D eigenvalue weighted by atomic mass is 32.2. The van der Waals surface area contributed by atoms with Crippen LogP contribution in [0.4, 0.5) is 0 Å². The number of nitrogens with one attached hydrogen (secondary N) is 1. The number of ketones is 1. The first kappa shape index (κ1) is 19.2. The molecule has 0 bridgehead atoms. The Balaban J connectivity index is 1.66. The van der Waals surface area contributed by atoms with E-state index in [0.29, 0.717) is 17.1 Å². The lowest BCUT2D eigenvalue weighted by atomic mass is 10.0. The lowest BCUT2D eigenvalue weighted by Gasteiger charge is -2.19. The molecule has 0 aliphatic carbocycles. The first-order valence-electron chi connectivity index (χ1n) is 8.98. The van der Waals surface area contributed by atoms with Gasteiger partial charge in [-0.05, 0) is 48.9 Å². The van der Waals surface area contributed by atoms with Crippen molar-refractivity contribution < 1.29 is 27.1 Å². The van der Waals surface area contributed by atoms with Crippen LogP contribution < -0.4 is 14.2 Å². The summed E-state index contributed by atoms with van der Waals surface area (Å²) in [4.78, 5) is 12.7. The van der Waals surface area contributed by atoms with E-state index in [4.69, 9.17) is 13.9 Å². The second-order valence-electron chi connectivity index (χ2n) is 6.70. The van der Waals surface area contributed by atoms with Gasteiger partial charge in [-0.1, -0.05) is 23.8 Å². The highest BCUT2D eigenvalue weighted by Crippen LogP contribution is 2.35. The molecule has 0 saturated carbocycles. The van der Waals surface area contributed by atoms with Crippen molar-refractivity contribution in [3.8, 4) is 11.5 Å².